The summed E-state index contributed by atoms with van der Waals surface area (Å²) in [5.41, 5.74) is 1.10. The number of aromatic nitrogens is 1. The molecule has 3 rings (SSSR count). The predicted octanol–water partition coefficient (Wildman–Crippen LogP) is 4.39. The van der Waals surface area contributed by atoms with Crippen LogP contribution in [-0.4, -0.2) is 10.9 Å². The Kier molecular flexibility index (Phi) is 3.89. The molecule has 0 spiro atoms. The van der Waals surface area contributed by atoms with E-state index in [9.17, 15) is 9.18 Å². The predicted molar refractivity (Wildman–Crippen MR) is 81.3 cm³/mol. The van der Waals surface area contributed by atoms with Crippen molar-refractivity contribution in [2.45, 2.75) is 0 Å². The van der Waals surface area contributed by atoms with Gasteiger partial charge in [-0.25, -0.2) is 9.37 Å². The van der Waals surface area contributed by atoms with Gasteiger partial charge in [-0.05, 0) is 48.5 Å². The molecule has 1 amide bonds. The Balaban J connectivity index is 1.75. The monoisotopic (exact) mass is 316 g/mol. The van der Waals surface area contributed by atoms with Crippen LogP contribution in [0.15, 0.2) is 59.1 Å². The molecule has 110 valence electrons. The fourth-order valence-electron chi connectivity index (χ4n) is 1.85. The maximum absolute atomic E-state index is 12.9. The van der Waals surface area contributed by atoms with Crippen LogP contribution in [0.3, 0.4) is 0 Å². The zero-order chi connectivity index (χ0) is 15.5. The van der Waals surface area contributed by atoms with Crippen molar-refractivity contribution in [2.75, 3.05) is 5.32 Å². The quantitative estimate of drug-likeness (QED) is 0.779. The summed E-state index contributed by atoms with van der Waals surface area (Å²) in [5, 5.41) is 3.09. The maximum Gasteiger partial charge on any atom is 0.302 e. The molecule has 0 fully saturated rings. The first-order valence-corrected chi connectivity index (χ1v) is 6.78. The number of anilines is 1. The van der Waals surface area contributed by atoms with Crippen molar-refractivity contribution in [3.05, 3.63) is 71.1 Å². The van der Waals surface area contributed by atoms with Gasteiger partial charge in [0.05, 0.1) is 6.20 Å². The molecule has 22 heavy (non-hydrogen) atoms. The Bertz CT molecular complexity index is 798. The normalized spacial score (nSPS) is 10.5. The molecule has 1 heterocycles. The highest BCUT2D eigenvalue weighted by Gasteiger charge is 2.11. The zero-order valence-electron chi connectivity index (χ0n) is 11.2. The van der Waals surface area contributed by atoms with Crippen LogP contribution in [0.25, 0.3) is 11.3 Å². The first-order valence-electron chi connectivity index (χ1n) is 6.40. The van der Waals surface area contributed by atoms with Crippen LogP contribution in [0, 0.1) is 5.82 Å². The van der Waals surface area contributed by atoms with Crippen LogP contribution in [0.4, 0.5) is 10.4 Å². The summed E-state index contributed by atoms with van der Waals surface area (Å²) in [6.07, 6.45) is 1.46. The highest BCUT2D eigenvalue weighted by molar-refractivity contribution is 6.30. The van der Waals surface area contributed by atoms with Crippen molar-refractivity contribution in [3.63, 3.8) is 0 Å². The molecular weight excluding hydrogens is 307 g/mol. The van der Waals surface area contributed by atoms with E-state index >= 15 is 0 Å². The van der Waals surface area contributed by atoms with Gasteiger partial charge in [-0.1, -0.05) is 11.6 Å². The van der Waals surface area contributed by atoms with Crippen LogP contribution < -0.4 is 5.32 Å². The third kappa shape index (κ3) is 3.15. The summed E-state index contributed by atoms with van der Waals surface area (Å²) in [4.78, 5) is 16.0. The van der Waals surface area contributed by atoms with E-state index in [1.807, 2.05) is 0 Å². The highest BCUT2D eigenvalue weighted by Crippen LogP contribution is 2.23. The molecule has 0 aliphatic carbocycles. The number of nitrogens with zero attached hydrogens (tertiary/aromatic N) is 1. The number of hydrogen-bond acceptors (Lipinski definition) is 3. The van der Waals surface area contributed by atoms with Gasteiger partial charge in [0.15, 0.2) is 5.76 Å². The summed E-state index contributed by atoms with van der Waals surface area (Å²) >= 11 is 5.77. The molecule has 0 bridgehead atoms. The second kappa shape index (κ2) is 5.99. The third-order valence-corrected chi connectivity index (χ3v) is 3.21. The smallest absolute Gasteiger partial charge is 0.302 e. The van der Waals surface area contributed by atoms with Crippen molar-refractivity contribution in [2.24, 2.45) is 0 Å². The van der Waals surface area contributed by atoms with E-state index in [2.05, 4.69) is 10.3 Å². The number of benzene rings is 2. The van der Waals surface area contributed by atoms with Crippen molar-refractivity contribution in [1.29, 1.82) is 0 Å². The zero-order valence-corrected chi connectivity index (χ0v) is 12.0. The summed E-state index contributed by atoms with van der Waals surface area (Å²) in [6, 6.07) is 12.3. The van der Waals surface area contributed by atoms with Crippen LogP contribution in [0.1, 0.15) is 10.4 Å². The Morgan fingerprint density at radius 1 is 1.09 bits per heavy atom. The van der Waals surface area contributed by atoms with Crippen molar-refractivity contribution >= 4 is 23.5 Å². The molecule has 0 aliphatic heterocycles. The lowest BCUT2D eigenvalue weighted by Crippen LogP contribution is -2.11. The fraction of sp³-hybridized carbons (Fsp3) is 0. The van der Waals surface area contributed by atoms with Gasteiger partial charge in [-0.15, -0.1) is 0 Å². The number of halogens is 2. The van der Waals surface area contributed by atoms with Gasteiger partial charge in [0.2, 0.25) is 0 Å². The van der Waals surface area contributed by atoms with Gasteiger partial charge in [0.1, 0.15) is 5.82 Å². The minimum Gasteiger partial charge on any atom is -0.423 e. The summed E-state index contributed by atoms with van der Waals surface area (Å²) in [5.74, 6) is -0.255. The summed E-state index contributed by atoms with van der Waals surface area (Å²) in [6.45, 7) is 0. The number of nitrogens with one attached hydrogen (secondary N) is 1. The van der Waals surface area contributed by atoms with Gasteiger partial charge in [0.25, 0.3) is 5.91 Å². The van der Waals surface area contributed by atoms with Gasteiger partial charge >= 0.3 is 6.01 Å². The SMILES string of the molecule is O=C(Nc1ncc(-c2ccc(F)cc2)o1)c1ccc(Cl)cc1. The molecule has 3 aromatic rings. The summed E-state index contributed by atoms with van der Waals surface area (Å²) in [7, 11) is 0. The molecule has 6 heteroatoms. The second-order valence-electron chi connectivity index (χ2n) is 4.50. The average Bonchev–Trinajstić information content (AvgIpc) is 2.97. The molecule has 0 aliphatic rings. The van der Waals surface area contributed by atoms with Crippen LogP contribution in [-0.2, 0) is 0 Å². The third-order valence-electron chi connectivity index (χ3n) is 2.96. The fourth-order valence-corrected chi connectivity index (χ4v) is 1.98. The molecule has 0 radical (unpaired) electrons. The molecule has 1 aromatic heterocycles. The molecule has 0 unspecified atom stereocenters. The standard InChI is InChI=1S/C16H10ClFN2O2/c17-12-5-1-11(2-6-12)15(21)20-16-19-9-14(22-16)10-3-7-13(18)8-4-10/h1-9H,(H,19,20,21). The number of carbonyl (C=O) groups is 1. The van der Waals surface area contributed by atoms with E-state index in [0.29, 0.717) is 21.9 Å². The second-order valence-corrected chi connectivity index (χ2v) is 4.93. The largest absolute Gasteiger partial charge is 0.423 e. The van der Waals surface area contributed by atoms with Gasteiger partial charge in [0, 0.05) is 16.1 Å². The van der Waals surface area contributed by atoms with E-state index in [1.165, 1.54) is 18.3 Å². The Morgan fingerprint density at radius 3 is 2.45 bits per heavy atom. The molecule has 2 aromatic carbocycles. The number of carbonyl (C=O) groups excluding carboxylic acids is 1. The lowest BCUT2D eigenvalue weighted by Gasteiger charge is -2.01. The number of amides is 1. The Labute approximate surface area is 130 Å². The van der Waals surface area contributed by atoms with Gasteiger partial charge < -0.3 is 4.42 Å². The van der Waals surface area contributed by atoms with Gasteiger partial charge in [-0.2, -0.15) is 0 Å². The van der Waals surface area contributed by atoms with Gasteiger partial charge in [-0.3, -0.25) is 10.1 Å². The van der Waals surface area contributed by atoms with Crippen molar-refractivity contribution < 1.29 is 13.6 Å². The minimum atomic E-state index is -0.357. The van der Waals surface area contributed by atoms with E-state index in [4.69, 9.17) is 16.0 Å². The summed E-state index contributed by atoms with van der Waals surface area (Å²) < 4.78 is 18.3. The minimum absolute atomic E-state index is 0.0688. The molecule has 4 nitrogen and oxygen atoms in total. The van der Waals surface area contributed by atoms with E-state index in [0.717, 1.165) is 0 Å². The van der Waals surface area contributed by atoms with E-state index < -0.39 is 0 Å². The first kappa shape index (κ1) is 14.3. The molecule has 0 atom stereocenters. The Hall–Kier alpha value is -2.66. The maximum atomic E-state index is 12.9. The average molecular weight is 317 g/mol. The van der Waals surface area contributed by atoms with E-state index in [-0.39, 0.29) is 17.7 Å². The highest BCUT2D eigenvalue weighted by atomic mass is 35.5. The van der Waals surface area contributed by atoms with Crippen LogP contribution >= 0.6 is 11.6 Å². The Morgan fingerprint density at radius 2 is 1.77 bits per heavy atom. The number of rotatable bonds is 3. The molecule has 0 saturated carbocycles. The number of hydrogen-bond donors (Lipinski definition) is 1. The molecule has 0 saturated heterocycles. The lowest BCUT2D eigenvalue weighted by atomic mass is 10.2. The first-order chi connectivity index (χ1) is 10.6. The molecular formula is C16H10ClFN2O2. The van der Waals surface area contributed by atoms with Crippen molar-refractivity contribution in [1.82, 2.24) is 4.98 Å². The van der Waals surface area contributed by atoms with Crippen molar-refractivity contribution in [3.8, 4) is 11.3 Å². The topological polar surface area (TPSA) is 55.1 Å². The number of oxazole rings is 1. The van der Waals surface area contributed by atoms with Crippen LogP contribution in [0.5, 0.6) is 0 Å². The molecule has 1 N–H and O–H groups in total. The van der Waals surface area contributed by atoms with E-state index in [1.54, 1.807) is 36.4 Å². The van der Waals surface area contributed by atoms with Crippen LogP contribution in [0.2, 0.25) is 5.02 Å². The lowest BCUT2D eigenvalue weighted by molar-refractivity contribution is 0.102.